The SMILES string of the molecule is CC1(C)CNC(C2CC2)CN1Cc1ccccc1Cl. The van der Waals surface area contributed by atoms with E-state index in [0.29, 0.717) is 6.04 Å². The third-order valence-corrected chi connectivity index (χ3v) is 4.95. The molecule has 1 unspecified atom stereocenters. The molecule has 0 amide bonds. The van der Waals surface area contributed by atoms with Crippen molar-refractivity contribution >= 4 is 11.6 Å². The lowest BCUT2D eigenvalue weighted by Gasteiger charge is -2.46. The second-order valence-electron chi connectivity index (χ2n) is 6.61. The van der Waals surface area contributed by atoms with Gasteiger partial charge in [0.2, 0.25) is 0 Å². The van der Waals surface area contributed by atoms with Crippen molar-refractivity contribution in [2.24, 2.45) is 5.92 Å². The summed E-state index contributed by atoms with van der Waals surface area (Å²) < 4.78 is 0. The molecule has 1 aliphatic carbocycles. The number of piperazine rings is 1. The van der Waals surface area contributed by atoms with Gasteiger partial charge in [0.25, 0.3) is 0 Å². The highest BCUT2D eigenvalue weighted by Crippen LogP contribution is 2.36. The molecule has 1 heterocycles. The fraction of sp³-hybridized carbons (Fsp3) is 0.625. The molecule has 104 valence electrons. The van der Waals surface area contributed by atoms with E-state index in [9.17, 15) is 0 Å². The van der Waals surface area contributed by atoms with E-state index in [2.05, 4.69) is 36.2 Å². The topological polar surface area (TPSA) is 15.3 Å². The molecule has 1 aromatic rings. The summed E-state index contributed by atoms with van der Waals surface area (Å²) >= 11 is 6.31. The van der Waals surface area contributed by atoms with E-state index in [4.69, 9.17) is 11.6 Å². The zero-order valence-electron chi connectivity index (χ0n) is 11.8. The first-order valence-electron chi connectivity index (χ1n) is 7.28. The van der Waals surface area contributed by atoms with E-state index in [0.717, 1.165) is 30.6 Å². The summed E-state index contributed by atoms with van der Waals surface area (Å²) in [5.41, 5.74) is 1.44. The van der Waals surface area contributed by atoms with Gasteiger partial charge in [-0.3, -0.25) is 4.90 Å². The number of halogens is 1. The van der Waals surface area contributed by atoms with Crippen LogP contribution in [-0.2, 0) is 6.54 Å². The van der Waals surface area contributed by atoms with E-state index in [1.165, 1.54) is 18.4 Å². The van der Waals surface area contributed by atoms with Gasteiger partial charge in [-0.05, 0) is 44.2 Å². The van der Waals surface area contributed by atoms with Crippen molar-refractivity contribution in [3.8, 4) is 0 Å². The predicted molar refractivity (Wildman–Crippen MR) is 80.5 cm³/mol. The van der Waals surface area contributed by atoms with Crippen molar-refractivity contribution in [3.05, 3.63) is 34.9 Å². The maximum absolute atomic E-state index is 6.31. The maximum atomic E-state index is 6.31. The Morgan fingerprint density at radius 2 is 2.05 bits per heavy atom. The molecule has 1 saturated heterocycles. The minimum atomic E-state index is 0.199. The molecule has 1 aliphatic heterocycles. The van der Waals surface area contributed by atoms with Crippen molar-refractivity contribution in [2.75, 3.05) is 13.1 Å². The van der Waals surface area contributed by atoms with Gasteiger partial charge in [-0.25, -0.2) is 0 Å². The number of rotatable bonds is 3. The van der Waals surface area contributed by atoms with Gasteiger partial charge < -0.3 is 5.32 Å². The third-order valence-electron chi connectivity index (χ3n) is 4.58. The van der Waals surface area contributed by atoms with Gasteiger partial charge in [0, 0.05) is 36.2 Å². The third kappa shape index (κ3) is 2.96. The molecule has 19 heavy (non-hydrogen) atoms. The molecule has 1 atom stereocenters. The smallest absolute Gasteiger partial charge is 0.0451 e. The van der Waals surface area contributed by atoms with Crippen LogP contribution in [0, 0.1) is 5.92 Å². The van der Waals surface area contributed by atoms with Crippen LogP contribution in [0.25, 0.3) is 0 Å². The average Bonchev–Trinajstić information content (AvgIpc) is 3.18. The molecule has 3 rings (SSSR count). The van der Waals surface area contributed by atoms with E-state index in [1.807, 2.05) is 12.1 Å². The zero-order chi connectivity index (χ0) is 13.5. The first kappa shape index (κ1) is 13.4. The van der Waals surface area contributed by atoms with Gasteiger partial charge in [-0.15, -0.1) is 0 Å². The van der Waals surface area contributed by atoms with Crippen molar-refractivity contribution in [1.82, 2.24) is 10.2 Å². The second-order valence-corrected chi connectivity index (χ2v) is 7.02. The lowest BCUT2D eigenvalue weighted by molar-refractivity contribution is 0.0534. The van der Waals surface area contributed by atoms with Crippen molar-refractivity contribution in [1.29, 1.82) is 0 Å². The number of nitrogens with zero attached hydrogens (tertiary/aromatic N) is 1. The number of nitrogens with one attached hydrogen (secondary N) is 1. The molecule has 1 N–H and O–H groups in total. The minimum absolute atomic E-state index is 0.199. The van der Waals surface area contributed by atoms with Crippen LogP contribution < -0.4 is 5.32 Å². The molecule has 2 nitrogen and oxygen atoms in total. The van der Waals surface area contributed by atoms with Crippen LogP contribution in [0.3, 0.4) is 0 Å². The maximum Gasteiger partial charge on any atom is 0.0451 e. The average molecular weight is 279 g/mol. The van der Waals surface area contributed by atoms with Gasteiger partial charge in [-0.2, -0.15) is 0 Å². The van der Waals surface area contributed by atoms with Gasteiger partial charge in [-0.1, -0.05) is 29.8 Å². The highest BCUT2D eigenvalue weighted by molar-refractivity contribution is 6.31. The summed E-state index contributed by atoms with van der Waals surface area (Å²) in [5.74, 6) is 0.907. The molecule has 0 bridgehead atoms. The Morgan fingerprint density at radius 1 is 1.32 bits per heavy atom. The van der Waals surface area contributed by atoms with E-state index in [1.54, 1.807) is 0 Å². The second kappa shape index (κ2) is 5.08. The van der Waals surface area contributed by atoms with Crippen LogP contribution in [0.1, 0.15) is 32.3 Å². The first-order valence-corrected chi connectivity index (χ1v) is 7.66. The Balaban J connectivity index is 1.74. The number of hydrogen-bond acceptors (Lipinski definition) is 2. The van der Waals surface area contributed by atoms with Gasteiger partial charge >= 0.3 is 0 Å². The Hall–Kier alpha value is -0.570. The highest BCUT2D eigenvalue weighted by atomic mass is 35.5. The van der Waals surface area contributed by atoms with Crippen LogP contribution in [0.2, 0.25) is 5.02 Å². The van der Waals surface area contributed by atoms with Crippen LogP contribution in [0.15, 0.2) is 24.3 Å². The summed E-state index contributed by atoms with van der Waals surface area (Å²) in [6, 6.07) is 8.89. The van der Waals surface area contributed by atoms with Crippen LogP contribution in [-0.4, -0.2) is 29.6 Å². The first-order chi connectivity index (χ1) is 9.06. The lowest BCUT2D eigenvalue weighted by atomic mass is 9.95. The fourth-order valence-corrected chi connectivity index (χ4v) is 3.16. The van der Waals surface area contributed by atoms with E-state index in [-0.39, 0.29) is 5.54 Å². The molecule has 0 aromatic heterocycles. The van der Waals surface area contributed by atoms with Crippen LogP contribution in [0.4, 0.5) is 0 Å². The highest BCUT2D eigenvalue weighted by Gasteiger charge is 2.40. The molecule has 0 spiro atoms. The van der Waals surface area contributed by atoms with Crippen molar-refractivity contribution in [3.63, 3.8) is 0 Å². The largest absolute Gasteiger partial charge is 0.311 e. The Bertz CT molecular complexity index is 454. The Kier molecular flexibility index (Phi) is 3.59. The summed E-state index contributed by atoms with van der Waals surface area (Å²) in [4.78, 5) is 2.59. The van der Waals surface area contributed by atoms with Crippen LogP contribution in [0.5, 0.6) is 0 Å². The molecular weight excluding hydrogens is 256 g/mol. The monoisotopic (exact) mass is 278 g/mol. The molecule has 1 saturated carbocycles. The molecule has 2 fully saturated rings. The molecule has 2 aliphatic rings. The van der Waals surface area contributed by atoms with E-state index >= 15 is 0 Å². The Morgan fingerprint density at radius 3 is 2.74 bits per heavy atom. The quantitative estimate of drug-likeness (QED) is 0.913. The molecule has 1 aromatic carbocycles. The zero-order valence-corrected chi connectivity index (χ0v) is 12.6. The minimum Gasteiger partial charge on any atom is -0.311 e. The molecular formula is C16H23ClN2. The van der Waals surface area contributed by atoms with Crippen molar-refractivity contribution < 1.29 is 0 Å². The van der Waals surface area contributed by atoms with Crippen LogP contribution >= 0.6 is 11.6 Å². The summed E-state index contributed by atoms with van der Waals surface area (Å²) in [5, 5.41) is 4.62. The normalized spacial score (nSPS) is 27.4. The predicted octanol–water partition coefficient (Wildman–Crippen LogP) is 3.30. The van der Waals surface area contributed by atoms with E-state index < -0.39 is 0 Å². The molecule has 3 heteroatoms. The standard InChI is InChI=1S/C16H23ClN2/c1-16(2)11-18-15(12-7-8-12)10-19(16)9-13-5-3-4-6-14(13)17/h3-6,12,15,18H,7-11H2,1-2H3. The van der Waals surface area contributed by atoms with Crippen molar-refractivity contribution in [2.45, 2.75) is 44.8 Å². The summed E-state index contributed by atoms with van der Waals surface area (Å²) in [7, 11) is 0. The van der Waals surface area contributed by atoms with Gasteiger partial charge in [0.15, 0.2) is 0 Å². The Labute approximate surface area is 121 Å². The van der Waals surface area contributed by atoms with Gasteiger partial charge in [0.05, 0.1) is 0 Å². The fourth-order valence-electron chi connectivity index (χ4n) is 2.97. The lowest BCUT2D eigenvalue weighted by Crippen LogP contribution is -2.62. The van der Waals surface area contributed by atoms with Gasteiger partial charge in [0.1, 0.15) is 0 Å². The summed E-state index contributed by atoms with van der Waals surface area (Å²) in [6.07, 6.45) is 2.80. The number of benzene rings is 1. The number of hydrogen-bond donors (Lipinski definition) is 1. The summed E-state index contributed by atoms with van der Waals surface area (Å²) in [6.45, 7) is 7.80. The molecule has 0 radical (unpaired) electrons.